The van der Waals surface area contributed by atoms with Crippen LogP contribution in [0, 0.1) is 6.92 Å². The molecule has 1 atom stereocenters. The Bertz CT molecular complexity index is 1580. The summed E-state index contributed by atoms with van der Waals surface area (Å²) in [5.74, 6) is 1.54. The number of carbonyl (C=O) groups is 1. The summed E-state index contributed by atoms with van der Waals surface area (Å²) in [6, 6.07) is 23.3. The molecule has 7 nitrogen and oxygen atoms in total. The zero-order valence-corrected chi connectivity index (χ0v) is 20.9. The van der Waals surface area contributed by atoms with Gasteiger partial charge in [-0.05, 0) is 44.2 Å². The van der Waals surface area contributed by atoms with Gasteiger partial charge < -0.3 is 9.80 Å². The van der Waals surface area contributed by atoms with Gasteiger partial charge in [0, 0.05) is 47.2 Å². The number of aryl methyl sites for hydroxylation is 1. The van der Waals surface area contributed by atoms with Gasteiger partial charge in [-0.15, -0.1) is 10.2 Å². The van der Waals surface area contributed by atoms with Crippen molar-refractivity contribution >= 4 is 40.0 Å². The van der Waals surface area contributed by atoms with Crippen molar-refractivity contribution in [3.05, 3.63) is 88.9 Å². The Morgan fingerprint density at radius 3 is 2.50 bits per heavy atom. The van der Waals surface area contributed by atoms with E-state index in [0.29, 0.717) is 30.2 Å². The molecule has 1 saturated heterocycles. The molecular formula is C28H25ClN6O. The molecule has 0 aliphatic carbocycles. The molecule has 6 rings (SSSR count). The number of nitrogens with zero attached hydrogens (tertiary/aromatic N) is 6. The second-order valence-corrected chi connectivity index (χ2v) is 9.72. The smallest absolute Gasteiger partial charge is 0.254 e. The van der Waals surface area contributed by atoms with Crippen LogP contribution in [0.5, 0.6) is 0 Å². The van der Waals surface area contributed by atoms with Crippen LogP contribution in [0.15, 0.2) is 72.8 Å². The highest BCUT2D eigenvalue weighted by Crippen LogP contribution is 2.31. The number of piperazine rings is 1. The molecule has 5 aromatic rings. The molecule has 0 bridgehead atoms. The third kappa shape index (κ3) is 3.85. The van der Waals surface area contributed by atoms with E-state index < -0.39 is 0 Å². The summed E-state index contributed by atoms with van der Waals surface area (Å²) in [7, 11) is 0. The van der Waals surface area contributed by atoms with E-state index in [4.69, 9.17) is 16.6 Å². The summed E-state index contributed by atoms with van der Waals surface area (Å²) in [6.45, 7) is 6.01. The summed E-state index contributed by atoms with van der Waals surface area (Å²) in [5.41, 5.74) is 4.36. The summed E-state index contributed by atoms with van der Waals surface area (Å²) in [5, 5.41) is 10.7. The fraction of sp³-hybridized carbons (Fsp3) is 0.214. The number of aromatic nitrogens is 4. The molecule has 8 heteroatoms. The topological polar surface area (TPSA) is 66.6 Å². The van der Waals surface area contributed by atoms with E-state index in [2.05, 4.69) is 53.2 Å². The number of benzene rings is 3. The largest absolute Gasteiger partial charge is 0.338 e. The van der Waals surface area contributed by atoms with Crippen molar-refractivity contribution in [3.8, 4) is 11.4 Å². The molecule has 2 aromatic heterocycles. The van der Waals surface area contributed by atoms with Crippen LogP contribution in [-0.4, -0.2) is 56.1 Å². The lowest BCUT2D eigenvalue weighted by atomic mass is 10.1. The normalized spacial score (nSPS) is 16.1. The molecule has 0 N–H and O–H groups in total. The number of rotatable bonds is 3. The molecule has 3 aromatic carbocycles. The molecule has 0 unspecified atom stereocenters. The Balaban J connectivity index is 1.44. The van der Waals surface area contributed by atoms with E-state index in [1.165, 1.54) is 5.56 Å². The third-order valence-corrected chi connectivity index (χ3v) is 7.02. The van der Waals surface area contributed by atoms with Gasteiger partial charge in [0.25, 0.3) is 5.91 Å². The van der Waals surface area contributed by atoms with E-state index in [1.54, 1.807) is 0 Å². The van der Waals surface area contributed by atoms with Crippen LogP contribution in [0.2, 0.25) is 5.02 Å². The Morgan fingerprint density at radius 1 is 0.972 bits per heavy atom. The number of halogens is 1. The zero-order valence-electron chi connectivity index (χ0n) is 20.1. The molecule has 1 aliphatic heterocycles. The number of hydrogen-bond acceptors (Lipinski definition) is 5. The molecule has 0 spiro atoms. The second-order valence-electron chi connectivity index (χ2n) is 9.28. The number of hydrogen-bond donors (Lipinski definition) is 0. The molecule has 1 fully saturated rings. The Kier molecular flexibility index (Phi) is 5.57. The van der Waals surface area contributed by atoms with Gasteiger partial charge in [0.1, 0.15) is 0 Å². The molecule has 36 heavy (non-hydrogen) atoms. The van der Waals surface area contributed by atoms with Gasteiger partial charge in [0.05, 0.1) is 5.52 Å². The number of fused-ring (bicyclic) bond motifs is 3. The van der Waals surface area contributed by atoms with E-state index in [9.17, 15) is 4.79 Å². The minimum atomic E-state index is -0.00216. The highest BCUT2D eigenvalue weighted by Gasteiger charge is 2.31. The van der Waals surface area contributed by atoms with Crippen molar-refractivity contribution < 1.29 is 4.79 Å². The fourth-order valence-electron chi connectivity index (χ4n) is 4.88. The van der Waals surface area contributed by atoms with Crippen LogP contribution < -0.4 is 4.90 Å². The van der Waals surface area contributed by atoms with Crippen molar-refractivity contribution in [2.75, 3.05) is 24.5 Å². The predicted octanol–water partition coefficient (Wildman–Crippen LogP) is 5.26. The van der Waals surface area contributed by atoms with Gasteiger partial charge in [-0.1, -0.05) is 59.6 Å². The van der Waals surface area contributed by atoms with Crippen molar-refractivity contribution in [3.63, 3.8) is 0 Å². The zero-order chi connectivity index (χ0) is 24.8. The molecule has 1 amide bonds. The minimum absolute atomic E-state index is 0.00216. The van der Waals surface area contributed by atoms with Gasteiger partial charge in [-0.25, -0.2) is 9.38 Å². The summed E-state index contributed by atoms with van der Waals surface area (Å²) in [6.07, 6.45) is 0. The summed E-state index contributed by atoms with van der Waals surface area (Å²) in [4.78, 5) is 22.4. The Morgan fingerprint density at radius 2 is 1.75 bits per heavy atom. The van der Waals surface area contributed by atoms with Gasteiger partial charge in [-0.2, -0.15) is 0 Å². The highest BCUT2D eigenvalue weighted by atomic mass is 35.5. The first-order chi connectivity index (χ1) is 17.5. The second kappa shape index (κ2) is 8.91. The SMILES string of the molecule is Cc1ccc(-c2nnc3c4ccc(Cl)cc4nc(N4CCN(C(=O)c5ccccc5)[C@@H](C)C4)n23)cc1. The maximum Gasteiger partial charge on any atom is 0.254 e. The maximum absolute atomic E-state index is 13.2. The lowest BCUT2D eigenvalue weighted by molar-refractivity contribution is 0.0673. The molecular weight excluding hydrogens is 472 g/mol. The molecule has 0 saturated carbocycles. The average molecular weight is 497 g/mol. The first kappa shape index (κ1) is 22.5. The van der Waals surface area contributed by atoms with Crippen molar-refractivity contribution in [2.24, 2.45) is 0 Å². The van der Waals surface area contributed by atoms with Crippen LogP contribution in [0.1, 0.15) is 22.8 Å². The van der Waals surface area contributed by atoms with E-state index in [0.717, 1.165) is 33.9 Å². The quantitative estimate of drug-likeness (QED) is 0.341. The van der Waals surface area contributed by atoms with E-state index >= 15 is 0 Å². The molecule has 1 aliphatic rings. The maximum atomic E-state index is 13.2. The van der Waals surface area contributed by atoms with Gasteiger partial charge in [0.2, 0.25) is 5.95 Å². The van der Waals surface area contributed by atoms with E-state index in [-0.39, 0.29) is 11.9 Å². The number of amides is 1. The molecule has 0 radical (unpaired) electrons. The first-order valence-electron chi connectivity index (χ1n) is 12.0. The minimum Gasteiger partial charge on any atom is -0.338 e. The number of anilines is 1. The standard InChI is InChI=1S/C28H25ClN6O/c1-18-8-10-20(11-9-18)25-31-32-26-23-13-12-22(29)16-24(23)30-28(35(25)26)33-14-15-34(19(2)17-33)27(36)21-6-4-3-5-7-21/h3-13,16,19H,14-15,17H2,1-2H3/t19-/m0/s1. The Labute approximate surface area is 214 Å². The summed E-state index contributed by atoms with van der Waals surface area (Å²) < 4.78 is 2.03. The predicted molar refractivity (Wildman–Crippen MR) is 143 cm³/mol. The Hall–Kier alpha value is -3.97. The average Bonchev–Trinajstić information content (AvgIpc) is 3.34. The molecule has 180 valence electrons. The van der Waals surface area contributed by atoms with Gasteiger partial charge >= 0.3 is 0 Å². The monoisotopic (exact) mass is 496 g/mol. The van der Waals surface area contributed by atoms with Crippen molar-refractivity contribution in [1.82, 2.24) is 24.5 Å². The summed E-state index contributed by atoms with van der Waals surface area (Å²) >= 11 is 6.32. The first-order valence-corrected chi connectivity index (χ1v) is 12.4. The van der Waals surface area contributed by atoms with Gasteiger partial charge in [0.15, 0.2) is 11.5 Å². The lowest BCUT2D eigenvalue weighted by Gasteiger charge is -2.40. The van der Waals surface area contributed by atoms with Crippen LogP contribution >= 0.6 is 11.6 Å². The van der Waals surface area contributed by atoms with Crippen LogP contribution in [-0.2, 0) is 0 Å². The number of carbonyl (C=O) groups excluding carboxylic acids is 1. The van der Waals surface area contributed by atoms with E-state index in [1.807, 2.05) is 57.8 Å². The lowest BCUT2D eigenvalue weighted by Crippen LogP contribution is -2.54. The van der Waals surface area contributed by atoms with Crippen LogP contribution in [0.4, 0.5) is 5.95 Å². The molecule has 3 heterocycles. The van der Waals surface area contributed by atoms with Crippen LogP contribution in [0.3, 0.4) is 0 Å². The highest BCUT2D eigenvalue weighted by molar-refractivity contribution is 6.31. The third-order valence-electron chi connectivity index (χ3n) is 6.79. The van der Waals surface area contributed by atoms with Crippen LogP contribution in [0.25, 0.3) is 27.9 Å². The van der Waals surface area contributed by atoms with Gasteiger partial charge in [-0.3, -0.25) is 4.79 Å². The van der Waals surface area contributed by atoms with Crippen molar-refractivity contribution in [1.29, 1.82) is 0 Å². The van der Waals surface area contributed by atoms with Crippen molar-refractivity contribution in [2.45, 2.75) is 19.9 Å². The fourth-order valence-corrected chi connectivity index (χ4v) is 5.05.